The lowest BCUT2D eigenvalue weighted by Crippen LogP contribution is -2.04. The molecule has 0 aliphatic carbocycles. The number of hydrogen-bond donors (Lipinski definition) is 0. The number of rotatable bonds is 2. The third kappa shape index (κ3) is 1.46. The average molecular weight is 174 g/mol. The second-order valence-corrected chi connectivity index (χ2v) is 2.38. The van der Waals surface area contributed by atoms with Gasteiger partial charge in [-0.1, -0.05) is 0 Å². The van der Waals surface area contributed by atoms with E-state index in [-0.39, 0.29) is 17.4 Å². The van der Waals surface area contributed by atoms with Gasteiger partial charge in [0.15, 0.2) is 5.76 Å². The summed E-state index contributed by atoms with van der Waals surface area (Å²) in [5.41, 5.74) is 0. The molecule has 0 aliphatic rings. The Hall–Kier alpha value is -1.97. The van der Waals surface area contributed by atoms with Gasteiger partial charge in [0.2, 0.25) is 5.82 Å². The maximum Gasteiger partial charge on any atom is 0.265 e. The molecule has 0 amide bonds. The molecule has 0 fully saturated rings. The first kappa shape index (κ1) is 7.67. The van der Waals surface area contributed by atoms with Crippen molar-refractivity contribution in [1.29, 1.82) is 0 Å². The van der Waals surface area contributed by atoms with Gasteiger partial charge in [-0.2, -0.15) is 0 Å². The van der Waals surface area contributed by atoms with E-state index in [2.05, 4.69) is 9.97 Å². The van der Waals surface area contributed by atoms with Crippen LogP contribution in [-0.4, -0.2) is 15.8 Å². The summed E-state index contributed by atoms with van der Waals surface area (Å²) in [5.74, 6) is 0.106. The van der Waals surface area contributed by atoms with Crippen molar-refractivity contribution in [3.8, 4) is 0 Å². The van der Waals surface area contributed by atoms with Crippen LogP contribution in [0.25, 0.3) is 0 Å². The minimum atomic E-state index is -0.300. The van der Waals surface area contributed by atoms with Gasteiger partial charge in [-0.15, -0.1) is 0 Å². The van der Waals surface area contributed by atoms with Crippen molar-refractivity contribution in [2.24, 2.45) is 0 Å². The van der Waals surface area contributed by atoms with Crippen LogP contribution in [0.2, 0.25) is 0 Å². The highest BCUT2D eigenvalue weighted by Crippen LogP contribution is 2.04. The van der Waals surface area contributed by atoms with Gasteiger partial charge in [0, 0.05) is 12.4 Å². The summed E-state index contributed by atoms with van der Waals surface area (Å²) in [6, 6.07) is 4.88. The Balaban J connectivity index is 2.34. The molecule has 0 saturated heterocycles. The van der Waals surface area contributed by atoms with Crippen LogP contribution in [0.3, 0.4) is 0 Å². The van der Waals surface area contributed by atoms with Gasteiger partial charge in [-0.3, -0.25) is 4.79 Å². The quantitative estimate of drug-likeness (QED) is 0.644. The third-order valence-electron chi connectivity index (χ3n) is 1.51. The molecule has 64 valence electrons. The molecule has 0 aliphatic heterocycles. The van der Waals surface area contributed by atoms with E-state index in [1.165, 1.54) is 18.7 Å². The zero-order chi connectivity index (χ0) is 9.10. The number of furan rings is 1. The average Bonchev–Trinajstić information content (AvgIpc) is 2.71. The van der Waals surface area contributed by atoms with Gasteiger partial charge in [-0.25, -0.2) is 9.97 Å². The van der Waals surface area contributed by atoms with Crippen LogP contribution in [-0.2, 0) is 0 Å². The van der Waals surface area contributed by atoms with Crippen LogP contribution in [0, 0.1) is 0 Å². The maximum absolute atomic E-state index is 11.5. The molecule has 13 heavy (non-hydrogen) atoms. The van der Waals surface area contributed by atoms with Crippen LogP contribution < -0.4 is 0 Å². The Kier molecular flexibility index (Phi) is 1.88. The Morgan fingerprint density at radius 3 is 2.62 bits per heavy atom. The minimum Gasteiger partial charge on any atom is -0.461 e. The minimum absolute atomic E-state index is 0.150. The number of ketones is 1. The fourth-order valence-electron chi connectivity index (χ4n) is 0.934. The summed E-state index contributed by atoms with van der Waals surface area (Å²) in [6.07, 6.45) is 4.47. The predicted molar refractivity (Wildman–Crippen MR) is 44.2 cm³/mol. The van der Waals surface area contributed by atoms with Crippen LogP contribution in [0.15, 0.2) is 41.3 Å². The largest absolute Gasteiger partial charge is 0.461 e. The Morgan fingerprint density at radius 1 is 1.23 bits per heavy atom. The highest BCUT2D eigenvalue weighted by molar-refractivity contribution is 6.04. The van der Waals surface area contributed by atoms with Crippen LogP contribution in [0.4, 0.5) is 0 Å². The fourth-order valence-corrected chi connectivity index (χ4v) is 0.934. The summed E-state index contributed by atoms with van der Waals surface area (Å²) >= 11 is 0. The molecule has 2 rings (SSSR count). The zero-order valence-corrected chi connectivity index (χ0v) is 6.68. The molecule has 4 nitrogen and oxygen atoms in total. The van der Waals surface area contributed by atoms with Crippen LogP contribution >= 0.6 is 0 Å². The van der Waals surface area contributed by atoms with Gasteiger partial charge in [0.1, 0.15) is 0 Å². The zero-order valence-electron chi connectivity index (χ0n) is 6.68. The molecular formula is C9H6N2O2. The molecule has 0 N–H and O–H groups in total. The van der Waals surface area contributed by atoms with E-state index in [1.54, 1.807) is 18.2 Å². The van der Waals surface area contributed by atoms with E-state index in [4.69, 9.17) is 4.42 Å². The molecular weight excluding hydrogens is 168 g/mol. The summed E-state index contributed by atoms with van der Waals surface area (Å²) < 4.78 is 4.92. The summed E-state index contributed by atoms with van der Waals surface area (Å²) in [7, 11) is 0. The number of aromatic nitrogens is 2. The lowest BCUT2D eigenvalue weighted by molar-refractivity contribution is 0.0999. The van der Waals surface area contributed by atoms with Crippen LogP contribution in [0.1, 0.15) is 16.4 Å². The lowest BCUT2D eigenvalue weighted by atomic mass is 10.3. The maximum atomic E-state index is 11.5. The summed E-state index contributed by atoms with van der Waals surface area (Å²) in [6.45, 7) is 0. The van der Waals surface area contributed by atoms with Crippen molar-refractivity contribution in [2.45, 2.75) is 0 Å². The molecule has 2 aromatic heterocycles. The molecule has 0 unspecified atom stereocenters. The highest BCUT2D eigenvalue weighted by atomic mass is 16.3. The first-order chi connectivity index (χ1) is 6.38. The van der Waals surface area contributed by atoms with Crippen molar-refractivity contribution in [3.05, 3.63) is 48.4 Å². The Labute approximate surface area is 74.2 Å². The molecule has 0 radical (unpaired) electrons. The van der Waals surface area contributed by atoms with Crippen molar-refractivity contribution >= 4 is 5.78 Å². The van der Waals surface area contributed by atoms with E-state index < -0.39 is 0 Å². The van der Waals surface area contributed by atoms with Gasteiger partial charge in [0.05, 0.1) is 6.26 Å². The topological polar surface area (TPSA) is 56.0 Å². The molecule has 2 aromatic rings. The van der Waals surface area contributed by atoms with E-state index in [9.17, 15) is 4.79 Å². The van der Waals surface area contributed by atoms with Gasteiger partial charge in [-0.05, 0) is 18.2 Å². The van der Waals surface area contributed by atoms with E-state index >= 15 is 0 Å². The molecule has 0 atom stereocenters. The second kappa shape index (κ2) is 3.18. The molecule has 0 saturated carbocycles. The number of carbonyl (C=O) groups excluding carboxylic acids is 1. The van der Waals surface area contributed by atoms with Gasteiger partial charge < -0.3 is 4.42 Å². The SMILES string of the molecule is O=C(c1ncccn1)c1ccco1. The third-order valence-corrected chi connectivity index (χ3v) is 1.51. The number of carbonyl (C=O) groups is 1. The summed E-state index contributed by atoms with van der Waals surface area (Å²) in [5, 5.41) is 0. The first-order valence-electron chi connectivity index (χ1n) is 3.73. The molecule has 0 spiro atoms. The van der Waals surface area contributed by atoms with Crippen molar-refractivity contribution in [3.63, 3.8) is 0 Å². The predicted octanol–water partition coefficient (Wildman–Crippen LogP) is 1.30. The van der Waals surface area contributed by atoms with Crippen molar-refractivity contribution < 1.29 is 9.21 Å². The smallest absolute Gasteiger partial charge is 0.265 e. The monoisotopic (exact) mass is 174 g/mol. The molecule has 4 heteroatoms. The summed E-state index contributed by atoms with van der Waals surface area (Å²) in [4.78, 5) is 19.1. The van der Waals surface area contributed by atoms with E-state index in [0.717, 1.165) is 0 Å². The highest BCUT2D eigenvalue weighted by Gasteiger charge is 2.13. The number of hydrogen-bond acceptors (Lipinski definition) is 4. The fraction of sp³-hybridized carbons (Fsp3) is 0. The lowest BCUT2D eigenvalue weighted by Gasteiger charge is -1.92. The molecule has 0 bridgehead atoms. The van der Waals surface area contributed by atoms with Gasteiger partial charge >= 0.3 is 0 Å². The van der Waals surface area contributed by atoms with Crippen LogP contribution in [0.5, 0.6) is 0 Å². The standard InChI is InChI=1S/C9H6N2O2/c12-8(7-3-1-6-13-7)9-10-4-2-5-11-9/h1-6H. The van der Waals surface area contributed by atoms with E-state index in [1.807, 2.05) is 0 Å². The van der Waals surface area contributed by atoms with Crippen molar-refractivity contribution in [2.75, 3.05) is 0 Å². The molecule has 0 aromatic carbocycles. The Morgan fingerprint density at radius 2 is 2.00 bits per heavy atom. The Bertz CT molecular complexity index is 395. The van der Waals surface area contributed by atoms with Gasteiger partial charge in [0.25, 0.3) is 5.78 Å². The second-order valence-electron chi connectivity index (χ2n) is 2.38. The first-order valence-corrected chi connectivity index (χ1v) is 3.73. The molecule has 2 heterocycles. The van der Waals surface area contributed by atoms with E-state index in [0.29, 0.717) is 0 Å². The number of nitrogens with zero attached hydrogens (tertiary/aromatic N) is 2. The normalized spacial score (nSPS) is 9.85. The van der Waals surface area contributed by atoms with Crippen molar-refractivity contribution in [1.82, 2.24) is 9.97 Å².